The van der Waals surface area contributed by atoms with E-state index >= 15 is 0 Å². The summed E-state index contributed by atoms with van der Waals surface area (Å²) in [7, 11) is -2.93. The predicted octanol–water partition coefficient (Wildman–Crippen LogP) is 1.13. The zero-order valence-electron chi connectivity index (χ0n) is 9.89. The number of benzene rings is 1. The fourth-order valence-electron chi connectivity index (χ4n) is 2.12. The van der Waals surface area contributed by atoms with Crippen molar-refractivity contribution < 1.29 is 8.42 Å². The molecule has 3 N–H and O–H groups in total. The van der Waals surface area contributed by atoms with Gasteiger partial charge in [0.1, 0.15) is 6.07 Å². The van der Waals surface area contributed by atoms with E-state index in [9.17, 15) is 8.42 Å². The molecule has 1 unspecified atom stereocenters. The number of hydrogen-bond acceptors (Lipinski definition) is 5. The third-order valence-electron chi connectivity index (χ3n) is 3.01. The van der Waals surface area contributed by atoms with Crippen molar-refractivity contribution in [3.8, 4) is 6.07 Å². The maximum absolute atomic E-state index is 11.5. The molecule has 0 aromatic heterocycles. The van der Waals surface area contributed by atoms with E-state index in [0.717, 1.165) is 12.1 Å². The first-order chi connectivity index (χ1) is 8.50. The second-order valence-electron chi connectivity index (χ2n) is 4.51. The average molecular weight is 265 g/mol. The van der Waals surface area contributed by atoms with Crippen LogP contribution in [0.5, 0.6) is 0 Å². The third-order valence-corrected chi connectivity index (χ3v) is 4.83. The van der Waals surface area contributed by atoms with E-state index in [1.807, 2.05) is 6.07 Å². The number of rotatable bonds is 2. The monoisotopic (exact) mass is 265 g/mol. The van der Waals surface area contributed by atoms with Gasteiger partial charge in [0, 0.05) is 17.4 Å². The molecule has 1 fully saturated rings. The van der Waals surface area contributed by atoms with Gasteiger partial charge >= 0.3 is 0 Å². The molecular formula is C12H15N3O2S. The van der Waals surface area contributed by atoms with Crippen LogP contribution < -0.4 is 11.1 Å². The lowest BCUT2D eigenvalue weighted by Crippen LogP contribution is -2.34. The maximum Gasteiger partial charge on any atom is 0.152 e. The van der Waals surface area contributed by atoms with Gasteiger partial charge in [-0.05, 0) is 31.0 Å². The summed E-state index contributed by atoms with van der Waals surface area (Å²) in [5, 5.41) is 12.0. The molecular weight excluding hydrogens is 250 g/mol. The standard InChI is InChI=1S/C12H15N3O2S/c13-7-9-6-10(3-4-12(9)14)15-11-2-1-5-18(16,17)8-11/h3-4,6,11,15H,1-2,5,8,14H2. The molecule has 1 saturated heterocycles. The van der Waals surface area contributed by atoms with Gasteiger partial charge in [-0.1, -0.05) is 0 Å². The largest absolute Gasteiger partial charge is 0.398 e. The third kappa shape index (κ3) is 2.93. The minimum atomic E-state index is -2.93. The number of nitriles is 1. The van der Waals surface area contributed by atoms with Crippen LogP contribution in [-0.2, 0) is 9.84 Å². The topological polar surface area (TPSA) is 96.0 Å². The Morgan fingerprint density at radius 3 is 2.89 bits per heavy atom. The molecule has 6 heteroatoms. The normalized spacial score (nSPS) is 22.1. The summed E-state index contributed by atoms with van der Waals surface area (Å²) in [5.74, 6) is 0.426. The van der Waals surface area contributed by atoms with Crippen molar-refractivity contribution in [2.45, 2.75) is 18.9 Å². The minimum absolute atomic E-state index is 0.0843. The first-order valence-corrected chi connectivity index (χ1v) is 7.59. The van der Waals surface area contributed by atoms with Crippen molar-refractivity contribution in [2.75, 3.05) is 22.6 Å². The Morgan fingerprint density at radius 2 is 2.22 bits per heavy atom. The van der Waals surface area contributed by atoms with E-state index in [4.69, 9.17) is 11.0 Å². The molecule has 0 bridgehead atoms. The van der Waals surface area contributed by atoms with E-state index in [1.54, 1.807) is 18.2 Å². The van der Waals surface area contributed by atoms with Crippen LogP contribution >= 0.6 is 0 Å². The van der Waals surface area contributed by atoms with E-state index < -0.39 is 9.84 Å². The van der Waals surface area contributed by atoms with Gasteiger partial charge in [0.25, 0.3) is 0 Å². The van der Waals surface area contributed by atoms with Crippen LogP contribution in [0.1, 0.15) is 18.4 Å². The van der Waals surface area contributed by atoms with Gasteiger partial charge in [0.15, 0.2) is 9.84 Å². The fourth-order valence-corrected chi connectivity index (χ4v) is 3.75. The highest BCUT2D eigenvalue weighted by Crippen LogP contribution is 2.21. The lowest BCUT2D eigenvalue weighted by molar-refractivity contribution is 0.562. The summed E-state index contributed by atoms with van der Waals surface area (Å²) in [5.41, 5.74) is 7.20. The van der Waals surface area contributed by atoms with E-state index in [-0.39, 0.29) is 17.5 Å². The van der Waals surface area contributed by atoms with Crippen molar-refractivity contribution in [3.05, 3.63) is 23.8 Å². The number of hydrogen-bond donors (Lipinski definition) is 2. The smallest absolute Gasteiger partial charge is 0.152 e. The van der Waals surface area contributed by atoms with E-state index in [1.165, 1.54) is 0 Å². The molecule has 1 aromatic rings. The first-order valence-electron chi connectivity index (χ1n) is 5.77. The molecule has 1 aliphatic heterocycles. The van der Waals surface area contributed by atoms with Crippen molar-refractivity contribution in [1.82, 2.24) is 0 Å². The molecule has 1 atom stereocenters. The van der Waals surface area contributed by atoms with Gasteiger partial charge in [-0.3, -0.25) is 0 Å². The molecule has 0 amide bonds. The highest BCUT2D eigenvalue weighted by atomic mass is 32.2. The van der Waals surface area contributed by atoms with Crippen LogP contribution in [0.25, 0.3) is 0 Å². The van der Waals surface area contributed by atoms with Crippen LogP contribution in [-0.4, -0.2) is 26.0 Å². The van der Waals surface area contributed by atoms with Crippen molar-refractivity contribution in [1.29, 1.82) is 5.26 Å². The molecule has 0 spiro atoms. The first kappa shape index (κ1) is 12.7. The summed E-state index contributed by atoms with van der Waals surface area (Å²) >= 11 is 0. The van der Waals surface area contributed by atoms with Gasteiger partial charge < -0.3 is 11.1 Å². The lowest BCUT2D eigenvalue weighted by Gasteiger charge is -2.24. The number of sulfone groups is 1. The maximum atomic E-state index is 11.5. The minimum Gasteiger partial charge on any atom is -0.398 e. The number of nitrogens with two attached hydrogens (primary N) is 1. The number of nitrogens with one attached hydrogen (secondary N) is 1. The Balaban J connectivity index is 2.13. The number of anilines is 2. The fraction of sp³-hybridized carbons (Fsp3) is 0.417. The average Bonchev–Trinajstić information content (AvgIpc) is 2.30. The summed E-state index contributed by atoms with van der Waals surface area (Å²) in [6.07, 6.45) is 1.51. The second kappa shape index (κ2) is 4.86. The molecule has 1 heterocycles. The van der Waals surface area contributed by atoms with Gasteiger partial charge in [-0.15, -0.1) is 0 Å². The molecule has 96 valence electrons. The Labute approximate surface area is 107 Å². The summed E-state index contributed by atoms with van der Waals surface area (Å²) < 4.78 is 23.0. The quantitative estimate of drug-likeness (QED) is 0.781. The summed E-state index contributed by atoms with van der Waals surface area (Å²) in [6.45, 7) is 0. The summed E-state index contributed by atoms with van der Waals surface area (Å²) in [6, 6.07) is 6.98. The van der Waals surface area contributed by atoms with Crippen LogP contribution in [0, 0.1) is 11.3 Å². The van der Waals surface area contributed by atoms with Gasteiger partial charge in [-0.25, -0.2) is 8.42 Å². The Morgan fingerprint density at radius 1 is 1.44 bits per heavy atom. The van der Waals surface area contributed by atoms with E-state index in [2.05, 4.69) is 5.32 Å². The SMILES string of the molecule is N#Cc1cc(NC2CCCS(=O)(=O)C2)ccc1N. The highest BCUT2D eigenvalue weighted by molar-refractivity contribution is 7.91. The zero-order chi connectivity index (χ0) is 13.2. The Bertz CT molecular complexity index is 590. The Hall–Kier alpha value is -1.74. The van der Waals surface area contributed by atoms with Crippen molar-refractivity contribution in [3.63, 3.8) is 0 Å². The highest BCUT2D eigenvalue weighted by Gasteiger charge is 2.24. The van der Waals surface area contributed by atoms with Crippen LogP contribution in [0.3, 0.4) is 0 Å². The molecule has 2 rings (SSSR count). The molecule has 0 aliphatic carbocycles. The van der Waals surface area contributed by atoms with Crippen LogP contribution in [0.4, 0.5) is 11.4 Å². The molecule has 5 nitrogen and oxygen atoms in total. The molecule has 0 saturated carbocycles. The number of nitrogen functional groups attached to an aromatic ring is 1. The second-order valence-corrected chi connectivity index (χ2v) is 6.74. The van der Waals surface area contributed by atoms with E-state index in [0.29, 0.717) is 17.7 Å². The van der Waals surface area contributed by atoms with Crippen LogP contribution in [0.15, 0.2) is 18.2 Å². The van der Waals surface area contributed by atoms with Gasteiger partial charge in [-0.2, -0.15) is 5.26 Å². The van der Waals surface area contributed by atoms with Gasteiger partial charge in [0.05, 0.1) is 17.1 Å². The predicted molar refractivity (Wildman–Crippen MR) is 70.9 cm³/mol. The zero-order valence-corrected chi connectivity index (χ0v) is 10.7. The molecule has 18 heavy (non-hydrogen) atoms. The molecule has 1 aliphatic rings. The molecule has 1 aromatic carbocycles. The molecule has 0 radical (unpaired) electrons. The summed E-state index contributed by atoms with van der Waals surface area (Å²) in [4.78, 5) is 0. The van der Waals surface area contributed by atoms with Crippen LogP contribution in [0.2, 0.25) is 0 Å². The number of nitrogens with zero attached hydrogens (tertiary/aromatic N) is 1. The Kier molecular flexibility index (Phi) is 3.43. The van der Waals surface area contributed by atoms with Crippen molar-refractivity contribution in [2.24, 2.45) is 0 Å². The van der Waals surface area contributed by atoms with Gasteiger partial charge in [0.2, 0.25) is 0 Å². The lowest BCUT2D eigenvalue weighted by atomic mass is 10.1. The van der Waals surface area contributed by atoms with Crippen molar-refractivity contribution >= 4 is 21.2 Å².